The highest BCUT2D eigenvalue weighted by Gasteiger charge is 2.20. The Morgan fingerprint density at radius 2 is 1.78 bits per heavy atom. The number of carbonyl (C=O) groups is 2. The summed E-state index contributed by atoms with van der Waals surface area (Å²) in [7, 11) is 0. The van der Waals surface area contributed by atoms with E-state index in [-0.39, 0.29) is 18.2 Å². The first-order valence-electron chi connectivity index (χ1n) is 8.09. The van der Waals surface area contributed by atoms with Crippen LogP contribution in [0, 0.1) is 5.41 Å². The summed E-state index contributed by atoms with van der Waals surface area (Å²) in [5, 5.41) is 6.41. The van der Waals surface area contributed by atoms with Crippen LogP contribution < -0.4 is 10.6 Å². The zero-order valence-electron chi connectivity index (χ0n) is 14.7. The Kier molecular flexibility index (Phi) is 7.07. The highest BCUT2D eigenvalue weighted by Crippen LogP contribution is 2.29. The number of amides is 2. The summed E-state index contributed by atoms with van der Waals surface area (Å²) in [6, 6.07) is 3.82. The maximum absolute atomic E-state index is 12.2. The van der Waals surface area contributed by atoms with Gasteiger partial charge in [-0.2, -0.15) is 0 Å². The Hall–Kier alpha value is -1.55. The van der Waals surface area contributed by atoms with Gasteiger partial charge in [0.15, 0.2) is 0 Å². The van der Waals surface area contributed by atoms with Gasteiger partial charge in [-0.25, -0.2) is 0 Å². The van der Waals surface area contributed by atoms with Crippen LogP contribution in [0.5, 0.6) is 0 Å². The van der Waals surface area contributed by atoms with Crippen LogP contribution >= 0.6 is 11.6 Å². The highest BCUT2D eigenvalue weighted by molar-refractivity contribution is 6.32. The van der Waals surface area contributed by atoms with Crippen LogP contribution in [0.15, 0.2) is 12.1 Å². The van der Waals surface area contributed by atoms with Crippen molar-refractivity contribution in [1.82, 2.24) is 5.32 Å². The monoisotopic (exact) mass is 338 g/mol. The molecule has 0 saturated heterocycles. The van der Waals surface area contributed by atoms with Crippen molar-refractivity contribution in [2.45, 2.75) is 53.9 Å². The van der Waals surface area contributed by atoms with Gasteiger partial charge in [-0.1, -0.05) is 52.3 Å². The molecule has 0 heterocycles. The normalized spacial score (nSPS) is 11.2. The van der Waals surface area contributed by atoms with Crippen molar-refractivity contribution in [3.8, 4) is 0 Å². The third kappa shape index (κ3) is 5.54. The number of hydrogen-bond donors (Lipinski definition) is 2. The van der Waals surface area contributed by atoms with Gasteiger partial charge in [0.2, 0.25) is 11.8 Å². The molecule has 2 amide bonds. The molecule has 0 aliphatic rings. The minimum atomic E-state index is -0.450. The molecule has 0 radical (unpaired) electrons. The second-order valence-electron chi connectivity index (χ2n) is 6.57. The Morgan fingerprint density at radius 1 is 1.13 bits per heavy atom. The van der Waals surface area contributed by atoms with E-state index in [0.717, 1.165) is 29.7 Å². The molecule has 0 aliphatic carbocycles. The lowest BCUT2D eigenvalue weighted by Gasteiger charge is -2.18. The zero-order chi connectivity index (χ0) is 17.6. The predicted octanol–water partition coefficient (Wildman–Crippen LogP) is 3.96. The number of anilines is 1. The van der Waals surface area contributed by atoms with Crippen LogP contribution in [-0.4, -0.2) is 18.4 Å². The Bertz CT molecular complexity index is 577. The predicted molar refractivity (Wildman–Crippen MR) is 95.9 cm³/mol. The molecule has 1 aromatic carbocycles. The van der Waals surface area contributed by atoms with Gasteiger partial charge in [0, 0.05) is 29.1 Å². The topological polar surface area (TPSA) is 58.2 Å². The third-order valence-electron chi connectivity index (χ3n) is 3.66. The van der Waals surface area contributed by atoms with Crippen LogP contribution in [0.2, 0.25) is 5.02 Å². The minimum Gasteiger partial charge on any atom is -0.355 e. The van der Waals surface area contributed by atoms with E-state index in [1.165, 1.54) is 0 Å². The molecule has 2 N–H and O–H groups in total. The number of benzene rings is 1. The van der Waals surface area contributed by atoms with Gasteiger partial charge in [0.1, 0.15) is 0 Å². The Balaban J connectivity index is 2.71. The quantitative estimate of drug-likeness (QED) is 0.825. The van der Waals surface area contributed by atoms with Gasteiger partial charge in [-0.3, -0.25) is 9.59 Å². The van der Waals surface area contributed by atoms with Crippen LogP contribution in [0.1, 0.15) is 52.2 Å². The van der Waals surface area contributed by atoms with E-state index in [1.54, 1.807) is 0 Å². The molecule has 5 heteroatoms. The molecule has 0 aromatic heterocycles. The molecule has 0 atom stereocenters. The van der Waals surface area contributed by atoms with E-state index in [1.807, 2.05) is 46.8 Å². The molecule has 0 saturated carbocycles. The summed E-state index contributed by atoms with van der Waals surface area (Å²) in [5.74, 6) is -0.178. The van der Waals surface area contributed by atoms with Crippen molar-refractivity contribution in [3.05, 3.63) is 28.3 Å². The van der Waals surface area contributed by atoms with E-state index in [9.17, 15) is 9.59 Å². The Labute approximate surface area is 144 Å². The van der Waals surface area contributed by atoms with E-state index in [4.69, 9.17) is 11.6 Å². The molecule has 1 aromatic rings. The summed E-state index contributed by atoms with van der Waals surface area (Å²) >= 11 is 6.23. The van der Waals surface area contributed by atoms with E-state index in [2.05, 4.69) is 10.6 Å². The number of aryl methyl sites for hydroxylation is 1. The average Bonchev–Trinajstić information content (AvgIpc) is 2.46. The second kappa shape index (κ2) is 8.34. The third-order valence-corrected chi connectivity index (χ3v) is 4.01. The van der Waals surface area contributed by atoms with Crippen molar-refractivity contribution in [2.75, 3.05) is 11.9 Å². The van der Waals surface area contributed by atoms with Gasteiger partial charge in [-0.15, -0.1) is 0 Å². The first-order chi connectivity index (χ1) is 10.7. The van der Waals surface area contributed by atoms with Crippen molar-refractivity contribution in [1.29, 1.82) is 0 Å². The van der Waals surface area contributed by atoms with Gasteiger partial charge in [0.25, 0.3) is 0 Å². The largest absolute Gasteiger partial charge is 0.355 e. The molecule has 0 aliphatic heterocycles. The van der Waals surface area contributed by atoms with Crippen LogP contribution in [-0.2, 0) is 22.4 Å². The molecule has 4 nitrogen and oxygen atoms in total. The van der Waals surface area contributed by atoms with Gasteiger partial charge >= 0.3 is 0 Å². The van der Waals surface area contributed by atoms with Crippen LogP contribution in [0.3, 0.4) is 0 Å². The zero-order valence-corrected chi connectivity index (χ0v) is 15.4. The van der Waals surface area contributed by atoms with Crippen molar-refractivity contribution >= 4 is 29.1 Å². The van der Waals surface area contributed by atoms with Crippen molar-refractivity contribution in [2.24, 2.45) is 5.41 Å². The molecule has 0 unspecified atom stereocenters. The number of nitrogens with one attached hydrogen (secondary N) is 2. The molecular weight excluding hydrogens is 312 g/mol. The number of halogens is 1. The summed E-state index contributed by atoms with van der Waals surface area (Å²) in [6.07, 6.45) is 1.81. The van der Waals surface area contributed by atoms with E-state index < -0.39 is 5.41 Å². The molecule has 0 bridgehead atoms. The second-order valence-corrected chi connectivity index (χ2v) is 6.98. The fraction of sp³-hybridized carbons (Fsp3) is 0.556. The lowest BCUT2D eigenvalue weighted by molar-refractivity contribution is -0.128. The van der Waals surface area contributed by atoms with Gasteiger partial charge in [0.05, 0.1) is 0 Å². The summed E-state index contributed by atoms with van der Waals surface area (Å²) in [6.45, 7) is 9.91. The first-order valence-corrected chi connectivity index (χ1v) is 8.46. The molecule has 23 heavy (non-hydrogen) atoms. The van der Waals surface area contributed by atoms with Crippen LogP contribution in [0.25, 0.3) is 0 Å². The first kappa shape index (κ1) is 19.5. The van der Waals surface area contributed by atoms with Crippen LogP contribution in [0.4, 0.5) is 5.69 Å². The van der Waals surface area contributed by atoms with E-state index in [0.29, 0.717) is 11.6 Å². The average molecular weight is 339 g/mol. The number of rotatable bonds is 6. The molecule has 0 fully saturated rings. The maximum Gasteiger partial charge on any atom is 0.226 e. The minimum absolute atomic E-state index is 0.0587. The van der Waals surface area contributed by atoms with Crippen molar-refractivity contribution < 1.29 is 9.59 Å². The Morgan fingerprint density at radius 3 is 2.30 bits per heavy atom. The lowest BCUT2D eigenvalue weighted by atomic mass is 9.96. The fourth-order valence-corrected chi connectivity index (χ4v) is 2.51. The van der Waals surface area contributed by atoms with Gasteiger partial charge in [-0.05, 0) is 30.0 Å². The maximum atomic E-state index is 12.2. The molecule has 1 rings (SSSR count). The van der Waals surface area contributed by atoms with Crippen molar-refractivity contribution in [3.63, 3.8) is 0 Å². The standard InChI is InChI=1S/C18H27ClN2O2/c1-6-12-8-9-14(19)13(7-2)16(12)21-15(22)10-11-20-17(23)18(3,4)5/h8-9H,6-7,10-11H2,1-5H3,(H,20,23)(H,21,22). The van der Waals surface area contributed by atoms with Gasteiger partial charge < -0.3 is 10.6 Å². The smallest absolute Gasteiger partial charge is 0.226 e. The lowest BCUT2D eigenvalue weighted by Crippen LogP contribution is -2.36. The summed E-state index contributed by atoms with van der Waals surface area (Å²) in [5.41, 5.74) is 2.39. The number of hydrogen-bond acceptors (Lipinski definition) is 2. The summed E-state index contributed by atoms with van der Waals surface area (Å²) < 4.78 is 0. The molecule has 128 valence electrons. The fourth-order valence-electron chi connectivity index (χ4n) is 2.22. The highest BCUT2D eigenvalue weighted by atomic mass is 35.5. The molecular formula is C18H27ClN2O2. The summed E-state index contributed by atoms with van der Waals surface area (Å²) in [4.78, 5) is 24.0. The number of carbonyl (C=O) groups excluding carboxylic acids is 2. The SMILES string of the molecule is CCc1ccc(Cl)c(CC)c1NC(=O)CCNC(=O)C(C)(C)C. The molecule has 0 spiro atoms. The van der Waals surface area contributed by atoms with E-state index >= 15 is 0 Å².